The van der Waals surface area contributed by atoms with Crippen LogP contribution in [0.15, 0.2) is 77.8 Å². The predicted octanol–water partition coefficient (Wildman–Crippen LogP) is 5.05. The van der Waals surface area contributed by atoms with Gasteiger partial charge in [0, 0.05) is 23.1 Å². The van der Waals surface area contributed by atoms with Crippen LogP contribution in [0.2, 0.25) is 0 Å². The summed E-state index contributed by atoms with van der Waals surface area (Å²) >= 11 is 0. The zero-order valence-corrected chi connectivity index (χ0v) is 17.7. The minimum absolute atomic E-state index is 0.300. The van der Waals surface area contributed by atoms with Crippen LogP contribution in [0.1, 0.15) is 40.3 Å². The first-order valence-corrected chi connectivity index (χ1v) is 10.6. The molecule has 1 aliphatic rings. The van der Waals surface area contributed by atoms with Gasteiger partial charge in [-0.05, 0) is 49.2 Å². The van der Waals surface area contributed by atoms with Crippen LogP contribution in [0.4, 0.5) is 4.39 Å². The molecule has 0 aliphatic carbocycles. The third-order valence-corrected chi connectivity index (χ3v) is 5.51. The predicted molar refractivity (Wildman–Crippen MR) is 123 cm³/mol. The highest BCUT2D eigenvalue weighted by molar-refractivity contribution is 6.15. The Kier molecular flexibility index (Phi) is 5.35. The van der Waals surface area contributed by atoms with E-state index in [1.807, 2.05) is 54.0 Å². The van der Waals surface area contributed by atoms with E-state index < -0.39 is 0 Å². The fourth-order valence-corrected chi connectivity index (χ4v) is 3.95. The van der Waals surface area contributed by atoms with Crippen molar-refractivity contribution in [2.24, 2.45) is 4.99 Å². The normalized spacial score (nSPS) is 12.1. The molecule has 4 nitrogen and oxygen atoms in total. The largest absolute Gasteiger partial charge is 0.281 e. The van der Waals surface area contributed by atoms with Crippen LogP contribution in [0, 0.1) is 24.6 Å². The molecule has 5 rings (SSSR count). The maximum absolute atomic E-state index is 14.7. The third-order valence-electron chi connectivity index (χ3n) is 5.51. The number of benzene rings is 3. The van der Waals surface area contributed by atoms with E-state index in [-0.39, 0.29) is 5.82 Å². The van der Waals surface area contributed by atoms with E-state index in [1.165, 1.54) is 11.6 Å². The summed E-state index contributed by atoms with van der Waals surface area (Å²) in [6.45, 7) is 2.24. The molecule has 0 unspecified atom stereocenters. The molecular weight excluding hydrogens is 399 g/mol. The van der Waals surface area contributed by atoms with Gasteiger partial charge in [0.15, 0.2) is 5.82 Å². The zero-order chi connectivity index (χ0) is 21.9. The number of hydrogen-bond donors (Lipinski definition) is 0. The minimum atomic E-state index is -0.300. The van der Waals surface area contributed by atoms with Crippen molar-refractivity contribution in [1.82, 2.24) is 14.8 Å². The Hall–Kier alpha value is -4.04. The Morgan fingerprint density at radius 2 is 1.75 bits per heavy atom. The van der Waals surface area contributed by atoms with Crippen LogP contribution < -0.4 is 0 Å². The van der Waals surface area contributed by atoms with E-state index in [4.69, 9.17) is 4.99 Å². The van der Waals surface area contributed by atoms with E-state index in [0.717, 1.165) is 41.3 Å². The Labute approximate surface area is 186 Å². The molecule has 2 heterocycles. The summed E-state index contributed by atoms with van der Waals surface area (Å²) in [4.78, 5) is 4.73. The number of fused-ring (bicyclic) bond motifs is 3. The van der Waals surface area contributed by atoms with Gasteiger partial charge in [0.1, 0.15) is 18.2 Å². The van der Waals surface area contributed by atoms with Crippen molar-refractivity contribution in [1.29, 1.82) is 0 Å². The highest BCUT2D eigenvalue weighted by Gasteiger charge is 2.23. The van der Waals surface area contributed by atoms with Crippen molar-refractivity contribution in [2.45, 2.75) is 26.3 Å². The van der Waals surface area contributed by atoms with Crippen molar-refractivity contribution in [3.8, 4) is 17.5 Å². The van der Waals surface area contributed by atoms with E-state index in [9.17, 15) is 4.39 Å². The fraction of sp³-hybridized carbons (Fsp3) is 0.148. The first-order chi connectivity index (χ1) is 15.7. The average Bonchev–Trinajstić information content (AvgIpc) is 3.10. The number of aryl methyl sites for hydroxylation is 2. The Morgan fingerprint density at radius 3 is 2.59 bits per heavy atom. The van der Waals surface area contributed by atoms with Crippen LogP contribution in [-0.2, 0) is 13.0 Å². The van der Waals surface area contributed by atoms with Gasteiger partial charge in [-0.25, -0.2) is 4.39 Å². The summed E-state index contributed by atoms with van der Waals surface area (Å²) < 4.78 is 16.7. The molecule has 0 spiro atoms. The fourth-order valence-electron chi connectivity index (χ4n) is 3.95. The van der Waals surface area contributed by atoms with E-state index in [1.54, 1.807) is 12.1 Å². The average molecular weight is 420 g/mol. The first-order valence-electron chi connectivity index (χ1n) is 10.6. The van der Waals surface area contributed by atoms with Gasteiger partial charge >= 0.3 is 0 Å². The van der Waals surface area contributed by atoms with Gasteiger partial charge in [-0.15, -0.1) is 10.2 Å². The van der Waals surface area contributed by atoms with E-state index in [2.05, 4.69) is 34.2 Å². The smallest absolute Gasteiger partial charge is 0.159 e. The lowest BCUT2D eigenvalue weighted by Gasteiger charge is -2.13. The van der Waals surface area contributed by atoms with Crippen LogP contribution in [-0.4, -0.2) is 20.5 Å². The van der Waals surface area contributed by atoms with Gasteiger partial charge in [0.2, 0.25) is 0 Å². The molecule has 1 aliphatic heterocycles. The summed E-state index contributed by atoms with van der Waals surface area (Å²) in [6, 6.07) is 23.0. The number of halogens is 1. The second-order valence-electron chi connectivity index (χ2n) is 7.66. The zero-order valence-electron chi connectivity index (χ0n) is 17.7. The SMILES string of the molecule is Cc1nnc2n1-c1ccc(C#CCCc3ccccc3)cc1C(c1ccccc1F)=NC2. The van der Waals surface area contributed by atoms with Crippen molar-refractivity contribution < 1.29 is 4.39 Å². The summed E-state index contributed by atoms with van der Waals surface area (Å²) in [6.07, 6.45) is 1.67. The molecule has 1 aromatic heterocycles. The Bertz CT molecular complexity index is 1370. The molecule has 0 saturated carbocycles. The molecule has 3 aromatic carbocycles. The number of aliphatic imine (C=N–C) groups is 1. The summed E-state index contributed by atoms with van der Waals surface area (Å²) in [5, 5.41) is 8.47. The molecule has 0 fully saturated rings. The van der Waals surface area contributed by atoms with Gasteiger partial charge < -0.3 is 0 Å². The maximum atomic E-state index is 14.7. The molecule has 0 N–H and O–H groups in total. The van der Waals surface area contributed by atoms with Crippen molar-refractivity contribution in [3.05, 3.63) is 113 Å². The topological polar surface area (TPSA) is 43.1 Å². The van der Waals surface area contributed by atoms with Gasteiger partial charge in [-0.2, -0.15) is 0 Å². The number of aromatic nitrogens is 3. The lowest BCUT2D eigenvalue weighted by atomic mass is 9.98. The van der Waals surface area contributed by atoms with Crippen LogP contribution in [0.5, 0.6) is 0 Å². The molecule has 0 atom stereocenters. The highest BCUT2D eigenvalue weighted by atomic mass is 19.1. The number of rotatable bonds is 3. The van der Waals surface area contributed by atoms with Crippen LogP contribution in [0.3, 0.4) is 0 Å². The molecule has 0 amide bonds. The number of hydrogen-bond acceptors (Lipinski definition) is 3. The van der Waals surface area contributed by atoms with Gasteiger partial charge in [-0.1, -0.05) is 54.3 Å². The minimum Gasteiger partial charge on any atom is -0.281 e. The second kappa shape index (κ2) is 8.60. The van der Waals surface area contributed by atoms with E-state index >= 15 is 0 Å². The van der Waals surface area contributed by atoms with Crippen LogP contribution >= 0.6 is 0 Å². The molecule has 0 saturated heterocycles. The summed E-state index contributed by atoms with van der Waals surface area (Å²) in [7, 11) is 0. The highest BCUT2D eigenvalue weighted by Crippen LogP contribution is 2.27. The summed E-state index contributed by atoms with van der Waals surface area (Å²) in [5.74, 6) is 7.74. The van der Waals surface area contributed by atoms with Gasteiger partial charge in [-0.3, -0.25) is 9.56 Å². The van der Waals surface area contributed by atoms with E-state index in [0.29, 0.717) is 17.8 Å². The summed E-state index contributed by atoms with van der Waals surface area (Å²) in [5.41, 5.74) is 4.93. The Balaban J connectivity index is 1.54. The Morgan fingerprint density at radius 1 is 0.938 bits per heavy atom. The quantitative estimate of drug-likeness (QED) is 0.435. The molecule has 32 heavy (non-hydrogen) atoms. The monoisotopic (exact) mass is 420 g/mol. The molecular formula is C27H21FN4. The molecule has 156 valence electrons. The molecule has 0 bridgehead atoms. The standard InChI is InChI=1S/C27H21FN4/c1-19-30-31-26-18-29-27(22-13-7-8-14-24(22)28)23-17-21(15-16-25(23)32(19)26)12-6-5-11-20-9-3-2-4-10-20/h2-4,7-10,13-17H,5,11,18H2,1H3. The third kappa shape index (κ3) is 3.83. The lowest BCUT2D eigenvalue weighted by Crippen LogP contribution is -2.10. The number of nitrogens with zero attached hydrogens (tertiary/aromatic N) is 4. The first kappa shape index (κ1) is 19.9. The van der Waals surface area contributed by atoms with Crippen LogP contribution in [0.25, 0.3) is 5.69 Å². The molecule has 0 radical (unpaired) electrons. The van der Waals surface area contributed by atoms with Crippen molar-refractivity contribution in [3.63, 3.8) is 0 Å². The molecule has 4 aromatic rings. The lowest BCUT2D eigenvalue weighted by molar-refractivity contribution is 0.625. The van der Waals surface area contributed by atoms with Crippen molar-refractivity contribution in [2.75, 3.05) is 0 Å². The maximum Gasteiger partial charge on any atom is 0.159 e. The van der Waals surface area contributed by atoms with Gasteiger partial charge in [0.05, 0.1) is 11.4 Å². The molecule has 5 heteroatoms. The van der Waals surface area contributed by atoms with Gasteiger partial charge in [0.25, 0.3) is 0 Å². The second-order valence-corrected chi connectivity index (χ2v) is 7.66. The van der Waals surface area contributed by atoms with Crippen molar-refractivity contribution >= 4 is 5.71 Å².